The second kappa shape index (κ2) is 3.94. The first-order chi connectivity index (χ1) is 8.66. The monoisotopic (exact) mass is 243 g/mol. The molecule has 0 radical (unpaired) electrons. The zero-order chi connectivity index (χ0) is 12.7. The first-order valence-corrected chi connectivity index (χ1v) is 5.91. The van der Waals surface area contributed by atoms with Crippen molar-refractivity contribution >= 4 is 5.97 Å². The summed E-state index contributed by atoms with van der Waals surface area (Å²) in [6, 6.07) is 3.81. The molecule has 0 unspecified atom stereocenters. The maximum atomic E-state index is 11.2. The van der Waals surface area contributed by atoms with Gasteiger partial charge >= 0.3 is 5.97 Å². The van der Waals surface area contributed by atoms with E-state index in [0.29, 0.717) is 17.3 Å². The lowest BCUT2D eigenvalue weighted by atomic mass is 10.2. The van der Waals surface area contributed by atoms with Gasteiger partial charge in [0.1, 0.15) is 5.56 Å². The van der Waals surface area contributed by atoms with Crippen molar-refractivity contribution in [3.8, 4) is 5.82 Å². The van der Waals surface area contributed by atoms with Gasteiger partial charge in [-0.3, -0.25) is 0 Å². The predicted molar refractivity (Wildman–Crippen MR) is 65.0 cm³/mol. The van der Waals surface area contributed by atoms with Crippen LogP contribution in [-0.2, 0) is 0 Å². The van der Waals surface area contributed by atoms with Gasteiger partial charge in [-0.2, -0.15) is 5.10 Å². The highest BCUT2D eigenvalue weighted by Gasteiger charge is 2.33. The van der Waals surface area contributed by atoms with Crippen LogP contribution in [0.3, 0.4) is 0 Å². The Morgan fingerprint density at radius 1 is 1.50 bits per heavy atom. The fourth-order valence-corrected chi connectivity index (χ4v) is 2.09. The third kappa shape index (κ3) is 1.77. The molecule has 0 atom stereocenters. The van der Waals surface area contributed by atoms with Crippen LogP contribution in [-0.4, -0.2) is 25.8 Å². The lowest BCUT2D eigenvalue weighted by molar-refractivity contribution is 0.0695. The molecule has 1 fully saturated rings. The number of rotatable bonds is 3. The third-order valence-electron chi connectivity index (χ3n) is 3.12. The topological polar surface area (TPSA) is 68.0 Å². The van der Waals surface area contributed by atoms with Crippen LogP contribution in [0, 0.1) is 6.92 Å². The van der Waals surface area contributed by atoms with Gasteiger partial charge in [0, 0.05) is 12.1 Å². The van der Waals surface area contributed by atoms with Crippen LogP contribution in [0.4, 0.5) is 0 Å². The molecule has 1 N–H and O–H groups in total. The van der Waals surface area contributed by atoms with Crippen molar-refractivity contribution < 1.29 is 9.90 Å². The minimum atomic E-state index is -0.921. The summed E-state index contributed by atoms with van der Waals surface area (Å²) in [5, 5.41) is 13.4. The molecule has 0 amide bonds. The number of aryl methyl sites for hydroxylation is 1. The Kier molecular flexibility index (Phi) is 2.40. The molecule has 5 heteroatoms. The van der Waals surface area contributed by atoms with Crippen LogP contribution in [0.1, 0.15) is 40.4 Å². The summed E-state index contributed by atoms with van der Waals surface area (Å²) in [7, 11) is 0. The predicted octanol–water partition coefficient (Wildman–Crippen LogP) is 2.15. The molecular weight excluding hydrogens is 230 g/mol. The van der Waals surface area contributed by atoms with Gasteiger partial charge in [0.2, 0.25) is 0 Å². The summed E-state index contributed by atoms with van der Waals surface area (Å²) in [5.74, 6) is 0.0705. The maximum absolute atomic E-state index is 11.2. The summed E-state index contributed by atoms with van der Waals surface area (Å²) in [6.07, 6.45) is 5.18. The van der Waals surface area contributed by atoms with Gasteiger partial charge in [-0.05, 0) is 37.5 Å². The van der Waals surface area contributed by atoms with E-state index in [0.717, 1.165) is 24.1 Å². The number of nitrogens with zero attached hydrogens (tertiary/aromatic N) is 3. The van der Waals surface area contributed by atoms with Gasteiger partial charge in [-0.25, -0.2) is 14.5 Å². The molecule has 0 saturated heterocycles. The summed E-state index contributed by atoms with van der Waals surface area (Å²) < 4.78 is 1.66. The average molecular weight is 243 g/mol. The minimum Gasteiger partial charge on any atom is -0.478 e. The van der Waals surface area contributed by atoms with Crippen LogP contribution < -0.4 is 0 Å². The normalized spacial score (nSPS) is 14.7. The van der Waals surface area contributed by atoms with Gasteiger partial charge in [0.15, 0.2) is 5.82 Å². The SMILES string of the molecule is Cc1ccnc(-n2ncc(C(=O)O)c2C2CC2)c1. The largest absolute Gasteiger partial charge is 0.478 e. The number of hydrogen-bond acceptors (Lipinski definition) is 3. The highest BCUT2D eigenvalue weighted by molar-refractivity contribution is 5.89. The number of aromatic nitrogens is 3. The zero-order valence-electron chi connectivity index (χ0n) is 10.00. The summed E-state index contributed by atoms with van der Waals surface area (Å²) in [5.41, 5.74) is 2.15. The van der Waals surface area contributed by atoms with E-state index in [-0.39, 0.29) is 0 Å². The van der Waals surface area contributed by atoms with Gasteiger partial charge in [0.05, 0.1) is 11.9 Å². The summed E-state index contributed by atoms with van der Waals surface area (Å²) >= 11 is 0. The van der Waals surface area contributed by atoms with Crippen LogP contribution in [0.2, 0.25) is 0 Å². The fourth-order valence-electron chi connectivity index (χ4n) is 2.09. The van der Waals surface area contributed by atoms with E-state index in [1.165, 1.54) is 6.20 Å². The molecule has 1 aliphatic rings. The summed E-state index contributed by atoms with van der Waals surface area (Å²) in [6.45, 7) is 1.98. The van der Waals surface area contributed by atoms with Gasteiger partial charge in [-0.15, -0.1) is 0 Å². The molecule has 5 nitrogen and oxygen atoms in total. The van der Waals surface area contributed by atoms with Gasteiger partial charge in [-0.1, -0.05) is 0 Å². The van der Waals surface area contributed by atoms with Gasteiger partial charge < -0.3 is 5.11 Å². The maximum Gasteiger partial charge on any atom is 0.339 e. The number of carbonyl (C=O) groups is 1. The Balaban J connectivity index is 2.15. The third-order valence-corrected chi connectivity index (χ3v) is 3.12. The van der Waals surface area contributed by atoms with E-state index in [4.69, 9.17) is 0 Å². The molecule has 3 rings (SSSR count). The summed E-state index contributed by atoms with van der Waals surface area (Å²) in [4.78, 5) is 15.5. The number of carboxylic acid groups (broad SMARTS) is 1. The molecule has 2 aromatic heterocycles. The van der Waals surface area contributed by atoms with Crippen molar-refractivity contribution in [1.82, 2.24) is 14.8 Å². The molecule has 2 heterocycles. The van der Waals surface area contributed by atoms with E-state index >= 15 is 0 Å². The molecule has 1 saturated carbocycles. The smallest absolute Gasteiger partial charge is 0.339 e. The molecule has 18 heavy (non-hydrogen) atoms. The van der Waals surface area contributed by atoms with Crippen molar-refractivity contribution in [2.24, 2.45) is 0 Å². The molecule has 1 aliphatic carbocycles. The van der Waals surface area contributed by atoms with Crippen molar-refractivity contribution in [2.45, 2.75) is 25.7 Å². The Morgan fingerprint density at radius 3 is 2.89 bits per heavy atom. The van der Waals surface area contributed by atoms with E-state index in [1.807, 2.05) is 19.1 Å². The van der Waals surface area contributed by atoms with E-state index in [2.05, 4.69) is 10.1 Å². The first kappa shape index (κ1) is 11.0. The molecule has 0 aromatic carbocycles. The standard InChI is InChI=1S/C13H13N3O2/c1-8-4-5-14-11(6-8)16-12(9-2-3-9)10(7-15-16)13(17)18/h4-7,9H,2-3H2,1H3,(H,17,18). The molecule has 0 aliphatic heterocycles. The minimum absolute atomic E-state index is 0.292. The second-order valence-corrected chi connectivity index (χ2v) is 4.63. The van der Waals surface area contributed by atoms with Crippen LogP contribution in [0.15, 0.2) is 24.5 Å². The van der Waals surface area contributed by atoms with Crippen LogP contribution in [0.5, 0.6) is 0 Å². The Hall–Kier alpha value is -2.17. The van der Waals surface area contributed by atoms with Gasteiger partial charge in [0.25, 0.3) is 0 Å². The molecular formula is C13H13N3O2. The van der Waals surface area contributed by atoms with Crippen LogP contribution in [0.25, 0.3) is 5.82 Å². The first-order valence-electron chi connectivity index (χ1n) is 5.91. The van der Waals surface area contributed by atoms with E-state index in [9.17, 15) is 9.90 Å². The highest BCUT2D eigenvalue weighted by atomic mass is 16.4. The highest BCUT2D eigenvalue weighted by Crippen LogP contribution is 2.42. The molecule has 2 aromatic rings. The van der Waals surface area contributed by atoms with Crippen molar-refractivity contribution in [3.63, 3.8) is 0 Å². The second-order valence-electron chi connectivity index (χ2n) is 4.63. The molecule has 0 spiro atoms. The quantitative estimate of drug-likeness (QED) is 0.896. The lowest BCUT2D eigenvalue weighted by Gasteiger charge is -2.07. The van der Waals surface area contributed by atoms with E-state index in [1.54, 1.807) is 10.9 Å². The Bertz CT molecular complexity index is 614. The Morgan fingerprint density at radius 2 is 2.28 bits per heavy atom. The number of pyridine rings is 1. The van der Waals surface area contributed by atoms with Crippen molar-refractivity contribution in [2.75, 3.05) is 0 Å². The number of aromatic carboxylic acids is 1. The lowest BCUT2D eigenvalue weighted by Crippen LogP contribution is -2.07. The fraction of sp³-hybridized carbons (Fsp3) is 0.308. The van der Waals surface area contributed by atoms with Crippen molar-refractivity contribution in [3.05, 3.63) is 41.3 Å². The number of hydrogen-bond donors (Lipinski definition) is 1. The van der Waals surface area contributed by atoms with E-state index < -0.39 is 5.97 Å². The molecule has 92 valence electrons. The van der Waals surface area contributed by atoms with Crippen LogP contribution >= 0.6 is 0 Å². The van der Waals surface area contributed by atoms with Crippen molar-refractivity contribution in [1.29, 1.82) is 0 Å². The number of carboxylic acids is 1. The average Bonchev–Trinajstić information content (AvgIpc) is 3.07. The molecule has 0 bridgehead atoms. The Labute approximate surface area is 104 Å². The zero-order valence-corrected chi connectivity index (χ0v) is 10.00.